The Hall–Kier alpha value is -2.66. The molecule has 2 fully saturated rings. The van der Waals surface area contributed by atoms with Gasteiger partial charge in [0, 0.05) is 18.2 Å². The summed E-state index contributed by atoms with van der Waals surface area (Å²) in [6.45, 7) is 7.04. The van der Waals surface area contributed by atoms with E-state index in [9.17, 15) is 22.8 Å². The molecule has 2 saturated heterocycles. The van der Waals surface area contributed by atoms with Gasteiger partial charge in [0.2, 0.25) is 11.8 Å². The van der Waals surface area contributed by atoms with Crippen LogP contribution in [0.25, 0.3) is 0 Å². The Morgan fingerprint density at radius 1 is 1.18 bits per heavy atom. The van der Waals surface area contributed by atoms with Crippen LogP contribution in [-0.2, 0) is 29.2 Å². The minimum absolute atomic E-state index is 0.0521. The van der Waals surface area contributed by atoms with Crippen LogP contribution in [0, 0.1) is 0 Å². The van der Waals surface area contributed by atoms with Crippen molar-refractivity contribution in [2.75, 3.05) is 31.2 Å². The van der Waals surface area contributed by atoms with E-state index in [0.717, 1.165) is 24.7 Å². The van der Waals surface area contributed by atoms with E-state index in [1.807, 2.05) is 31.7 Å². The number of hydrogen-bond acceptors (Lipinski definition) is 9. The van der Waals surface area contributed by atoms with Crippen LogP contribution in [0.4, 0.5) is 5.69 Å². The number of anilines is 1. The zero-order valence-electron chi connectivity index (χ0n) is 20.0. The van der Waals surface area contributed by atoms with Crippen molar-refractivity contribution >= 4 is 33.6 Å². The lowest BCUT2D eigenvalue weighted by Gasteiger charge is -2.33. The summed E-state index contributed by atoms with van der Waals surface area (Å²) < 4.78 is 34.5. The highest BCUT2D eigenvalue weighted by Crippen LogP contribution is 2.37. The van der Waals surface area contributed by atoms with Crippen LogP contribution in [0.5, 0.6) is 5.75 Å². The molecular formula is C23H33N3O7S. The molecule has 2 amide bonds. The molecule has 2 heterocycles. The zero-order chi connectivity index (χ0) is 25.1. The number of imide groups is 1. The monoisotopic (exact) mass is 495 g/mol. The molecule has 0 bridgehead atoms. The summed E-state index contributed by atoms with van der Waals surface area (Å²) in [6, 6.07) is 4.57. The van der Waals surface area contributed by atoms with Crippen LogP contribution in [0.15, 0.2) is 18.2 Å². The average molecular weight is 496 g/mol. The third kappa shape index (κ3) is 7.69. The maximum Gasteiger partial charge on any atom is 0.320 e. The van der Waals surface area contributed by atoms with E-state index < -0.39 is 27.7 Å². The fraction of sp³-hybridized carbons (Fsp3) is 0.609. The van der Waals surface area contributed by atoms with E-state index in [-0.39, 0.29) is 36.5 Å². The van der Waals surface area contributed by atoms with Gasteiger partial charge in [-0.25, -0.2) is 0 Å². The molecule has 1 unspecified atom stereocenters. The fourth-order valence-corrected chi connectivity index (χ4v) is 4.66. The van der Waals surface area contributed by atoms with Gasteiger partial charge in [-0.3, -0.25) is 24.6 Å². The number of ether oxygens (including phenoxy) is 1. The molecule has 0 saturated carbocycles. The highest BCUT2D eigenvalue weighted by atomic mass is 32.2. The molecule has 3 rings (SSSR count). The van der Waals surface area contributed by atoms with E-state index >= 15 is 0 Å². The van der Waals surface area contributed by atoms with E-state index in [1.54, 1.807) is 12.1 Å². The highest BCUT2D eigenvalue weighted by Gasteiger charge is 2.29. The van der Waals surface area contributed by atoms with Crippen molar-refractivity contribution in [1.29, 1.82) is 0 Å². The topological polar surface area (TPSA) is 131 Å². The van der Waals surface area contributed by atoms with Crippen molar-refractivity contribution < 1.29 is 31.7 Å². The molecular weight excluding hydrogens is 462 g/mol. The Kier molecular flexibility index (Phi) is 7.87. The van der Waals surface area contributed by atoms with Crippen molar-refractivity contribution in [2.45, 2.75) is 64.0 Å². The molecule has 1 aromatic rings. The predicted octanol–water partition coefficient (Wildman–Crippen LogP) is 1.76. The lowest BCUT2D eigenvalue weighted by Crippen LogP contribution is -2.47. The molecule has 11 heteroatoms. The Balaban J connectivity index is 1.69. The van der Waals surface area contributed by atoms with Gasteiger partial charge in [-0.05, 0) is 70.7 Å². The third-order valence-electron chi connectivity index (χ3n) is 5.63. The van der Waals surface area contributed by atoms with Crippen LogP contribution in [0.3, 0.4) is 0 Å². The summed E-state index contributed by atoms with van der Waals surface area (Å²) in [6.07, 6.45) is 3.02. The highest BCUT2D eigenvalue weighted by molar-refractivity contribution is 7.86. The Morgan fingerprint density at radius 3 is 2.44 bits per heavy atom. The molecule has 0 aromatic heterocycles. The minimum Gasteiger partial charge on any atom is -0.459 e. The summed E-state index contributed by atoms with van der Waals surface area (Å²) in [5.74, 6) is -0.724. The Labute approximate surface area is 200 Å². The van der Waals surface area contributed by atoms with Crippen molar-refractivity contribution in [3.63, 3.8) is 0 Å². The molecule has 0 spiro atoms. The predicted molar refractivity (Wildman–Crippen MR) is 126 cm³/mol. The van der Waals surface area contributed by atoms with Gasteiger partial charge < -0.3 is 14.2 Å². The number of carbonyl (C=O) groups is 3. The second-order valence-corrected chi connectivity index (χ2v) is 11.4. The number of nitrogens with zero attached hydrogens (tertiary/aromatic N) is 1. The number of likely N-dealkylation sites (tertiary alicyclic amines) is 1. The van der Waals surface area contributed by atoms with Gasteiger partial charge in [0.15, 0.2) is 0 Å². The van der Waals surface area contributed by atoms with Crippen molar-refractivity contribution in [2.24, 2.45) is 0 Å². The normalized spacial score (nSPS) is 20.5. The number of carbonyl (C=O) groups excluding carboxylic acids is 3. The van der Waals surface area contributed by atoms with Crippen LogP contribution in [0.2, 0.25) is 0 Å². The number of hydrogen-bond donors (Lipinski definition) is 2. The summed E-state index contributed by atoms with van der Waals surface area (Å²) >= 11 is 0. The first-order valence-corrected chi connectivity index (χ1v) is 13.2. The van der Waals surface area contributed by atoms with Gasteiger partial charge in [0.1, 0.15) is 17.4 Å². The van der Waals surface area contributed by atoms with Gasteiger partial charge in [-0.1, -0.05) is 6.07 Å². The van der Waals surface area contributed by atoms with Crippen molar-refractivity contribution in [1.82, 2.24) is 10.2 Å². The molecule has 10 nitrogen and oxygen atoms in total. The maximum atomic E-state index is 12.1. The lowest BCUT2D eigenvalue weighted by atomic mass is 9.88. The summed E-state index contributed by atoms with van der Waals surface area (Å²) in [5.41, 5.74) is 0.757. The van der Waals surface area contributed by atoms with Gasteiger partial charge in [0.25, 0.3) is 0 Å². The Bertz CT molecular complexity index is 1040. The zero-order valence-corrected chi connectivity index (χ0v) is 20.9. The molecule has 2 aliphatic rings. The maximum absolute atomic E-state index is 12.1. The summed E-state index contributed by atoms with van der Waals surface area (Å²) in [4.78, 5) is 37.6. The second kappa shape index (κ2) is 10.3. The Morgan fingerprint density at radius 2 is 1.85 bits per heavy atom. The van der Waals surface area contributed by atoms with Crippen LogP contribution >= 0.6 is 0 Å². The minimum atomic E-state index is -3.77. The first kappa shape index (κ1) is 26.0. The van der Waals surface area contributed by atoms with E-state index in [0.29, 0.717) is 25.2 Å². The van der Waals surface area contributed by atoms with Gasteiger partial charge in [-0.2, -0.15) is 8.42 Å². The van der Waals surface area contributed by atoms with E-state index in [1.165, 1.54) is 0 Å². The summed E-state index contributed by atoms with van der Waals surface area (Å²) in [5, 5.41) is 5.35. The lowest BCUT2D eigenvalue weighted by molar-refractivity contribution is -0.156. The quantitative estimate of drug-likeness (QED) is 0.330. The molecule has 1 aromatic carbocycles. The summed E-state index contributed by atoms with van der Waals surface area (Å²) in [7, 11) is -3.77. The number of benzene rings is 1. The number of rotatable bonds is 7. The van der Waals surface area contributed by atoms with Crippen molar-refractivity contribution in [3.8, 4) is 5.75 Å². The average Bonchev–Trinajstić information content (AvgIpc) is 2.68. The first-order valence-electron chi connectivity index (χ1n) is 11.4. The van der Waals surface area contributed by atoms with Gasteiger partial charge >= 0.3 is 16.1 Å². The second-order valence-electron chi connectivity index (χ2n) is 9.82. The standard InChI is InChI=1S/C23H33N3O7S/c1-23(2,3)32-21(28)14-26-11-9-15(10-12-26)17-6-5-16(13-19(17)33-34(4,30)31)24-18-7-8-20(27)25-22(18)29/h5-6,13,15,18,24H,7-12,14H2,1-4H3,(H,25,27,29). The molecule has 188 valence electrons. The molecule has 2 N–H and O–H groups in total. The number of amides is 2. The van der Waals surface area contributed by atoms with Gasteiger partial charge in [-0.15, -0.1) is 0 Å². The van der Waals surface area contributed by atoms with Crippen molar-refractivity contribution in [3.05, 3.63) is 23.8 Å². The van der Waals surface area contributed by atoms with Crippen LogP contribution in [0.1, 0.15) is 57.9 Å². The van der Waals surface area contributed by atoms with E-state index in [4.69, 9.17) is 8.92 Å². The van der Waals surface area contributed by atoms with Crippen LogP contribution in [-0.4, -0.2) is 68.6 Å². The van der Waals surface area contributed by atoms with Gasteiger partial charge in [0.05, 0.1) is 12.8 Å². The fourth-order valence-electron chi connectivity index (χ4n) is 4.19. The largest absolute Gasteiger partial charge is 0.459 e. The molecule has 0 radical (unpaired) electrons. The smallest absolute Gasteiger partial charge is 0.320 e. The van der Waals surface area contributed by atoms with Crippen LogP contribution < -0.4 is 14.8 Å². The number of nitrogens with one attached hydrogen (secondary N) is 2. The molecule has 0 aliphatic carbocycles. The first-order chi connectivity index (χ1) is 15.8. The molecule has 2 aliphatic heterocycles. The number of piperidine rings is 2. The molecule has 1 atom stereocenters. The SMILES string of the molecule is CC(C)(C)OC(=O)CN1CCC(c2ccc(NC3CCC(=O)NC3=O)cc2OS(C)(=O)=O)CC1. The van der Waals surface area contributed by atoms with E-state index in [2.05, 4.69) is 10.6 Å². The third-order valence-corrected chi connectivity index (χ3v) is 6.12. The molecule has 34 heavy (non-hydrogen) atoms. The number of esters is 1.